The van der Waals surface area contributed by atoms with Crippen LogP contribution < -0.4 is 10.2 Å². The van der Waals surface area contributed by atoms with Crippen LogP contribution in [0.4, 0.5) is 17.1 Å². The molecule has 0 spiro atoms. The molecule has 1 aliphatic rings. The van der Waals surface area contributed by atoms with E-state index < -0.39 is 4.92 Å². The Morgan fingerprint density at radius 1 is 1.23 bits per heavy atom. The molecular formula is C22H25N5O3. The molecule has 1 fully saturated rings. The number of fused-ring (bicyclic) bond motifs is 1. The maximum absolute atomic E-state index is 13.2. The molecule has 0 saturated carbocycles. The van der Waals surface area contributed by atoms with Gasteiger partial charge in [0.25, 0.3) is 11.6 Å². The first-order chi connectivity index (χ1) is 14.5. The number of aromatic nitrogens is 2. The van der Waals surface area contributed by atoms with E-state index in [4.69, 9.17) is 0 Å². The van der Waals surface area contributed by atoms with Crippen molar-refractivity contribution in [1.29, 1.82) is 0 Å². The first-order valence-electron chi connectivity index (χ1n) is 10.3. The van der Waals surface area contributed by atoms with E-state index in [0.29, 0.717) is 17.2 Å². The van der Waals surface area contributed by atoms with E-state index in [1.54, 1.807) is 12.3 Å². The number of nitro groups is 1. The zero-order chi connectivity index (χ0) is 21.3. The van der Waals surface area contributed by atoms with Crippen LogP contribution in [0.1, 0.15) is 37.0 Å². The summed E-state index contributed by atoms with van der Waals surface area (Å²) in [4.78, 5) is 26.1. The van der Waals surface area contributed by atoms with Gasteiger partial charge in [0.1, 0.15) is 0 Å². The quantitative estimate of drug-likeness (QED) is 0.498. The third-order valence-electron chi connectivity index (χ3n) is 5.76. The van der Waals surface area contributed by atoms with Gasteiger partial charge >= 0.3 is 0 Å². The molecule has 8 nitrogen and oxygen atoms in total. The molecule has 4 rings (SSSR count). The first kappa shape index (κ1) is 19.9. The van der Waals surface area contributed by atoms with Crippen LogP contribution in [-0.4, -0.2) is 33.7 Å². The largest absolute Gasteiger partial charge is 0.371 e. The van der Waals surface area contributed by atoms with Gasteiger partial charge in [0.05, 0.1) is 27.9 Å². The molecule has 1 aliphatic heterocycles. The van der Waals surface area contributed by atoms with E-state index >= 15 is 0 Å². The lowest BCUT2D eigenvalue weighted by Gasteiger charge is -2.33. The second-order valence-electron chi connectivity index (χ2n) is 7.82. The van der Waals surface area contributed by atoms with Crippen LogP contribution in [0.25, 0.3) is 10.9 Å². The molecule has 0 aliphatic carbocycles. The number of amides is 1. The lowest BCUT2D eigenvalue weighted by molar-refractivity contribution is -0.384. The number of non-ortho nitro benzene ring substituents is 1. The van der Waals surface area contributed by atoms with Crippen molar-refractivity contribution >= 4 is 33.9 Å². The highest BCUT2D eigenvalue weighted by molar-refractivity contribution is 6.09. The van der Waals surface area contributed by atoms with Crippen molar-refractivity contribution in [3.05, 3.63) is 58.3 Å². The van der Waals surface area contributed by atoms with Crippen LogP contribution in [0.3, 0.4) is 0 Å². The Balaban J connectivity index is 1.66. The molecule has 156 valence electrons. The van der Waals surface area contributed by atoms with Crippen LogP contribution in [-0.2, 0) is 6.54 Å². The molecule has 2 heterocycles. The highest BCUT2D eigenvalue weighted by Gasteiger charge is 2.23. The third-order valence-corrected chi connectivity index (χ3v) is 5.76. The molecule has 1 N–H and O–H groups in total. The summed E-state index contributed by atoms with van der Waals surface area (Å²) in [6.07, 6.45) is 3.87. The van der Waals surface area contributed by atoms with Crippen molar-refractivity contribution in [2.24, 2.45) is 5.92 Å². The van der Waals surface area contributed by atoms with E-state index in [-0.39, 0.29) is 11.6 Å². The van der Waals surface area contributed by atoms with Crippen molar-refractivity contribution in [3.63, 3.8) is 0 Å². The lowest BCUT2D eigenvalue weighted by atomic mass is 9.98. The molecule has 0 radical (unpaired) electrons. The Morgan fingerprint density at radius 3 is 2.70 bits per heavy atom. The van der Waals surface area contributed by atoms with Gasteiger partial charge in [-0.25, -0.2) is 0 Å². The fourth-order valence-corrected chi connectivity index (χ4v) is 3.94. The zero-order valence-electron chi connectivity index (χ0n) is 17.2. The van der Waals surface area contributed by atoms with E-state index in [1.807, 2.05) is 29.8 Å². The minimum Gasteiger partial charge on any atom is -0.371 e. The molecule has 30 heavy (non-hydrogen) atoms. The van der Waals surface area contributed by atoms with Gasteiger partial charge in [-0.1, -0.05) is 6.92 Å². The summed E-state index contributed by atoms with van der Waals surface area (Å²) in [6.45, 7) is 6.62. The number of carbonyl (C=O) groups excluding carboxylic acids is 1. The summed E-state index contributed by atoms with van der Waals surface area (Å²) in [6, 6.07) is 10.1. The van der Waals surface area contributed by atoms with Crippen molar-refractivity contribution < 1.29 is 9.72 Å². The maximum atomic E-state index is 13.2. The summed E-state index contributed by atoms with van der Waals surface area (Å²) in [5.74, 6) is 0.293. The summed E-state index contributed by atoms with van der Waals surface area (Å²) >= 11 is 0. The second kappa shape index (κ2) is 8.14. The molecule has 8 heteroatoms. The highest BCUT2D eigenvalue weighted by Crippen LogP contribution is 2.30. The minimum atomic E-state index is -0.468. The SMILES string of the molecule is CCn1ncc2ccc(NC(=O)c3cc([N+](=O)[O-])ccc3N3CCC(C)CC3)cc21. The number of nitrogens with zero attached hydrogens (tertiary/aromatic N) is 4. The topological polar surface area (TPSA) is 93.3 Å². The number of benzene rings is 2. The summed E-state index contributed by atoms with van der Waals surface area (Å²) in [5, 5.41) is 19.5. The average molecular weight is 407 g/mol. The molecule has 1 saturated heterocycles. The molecule has 1 aromatic heterocycles. The number of piperidine rings is 1. The van der Waals surface area contributed by atoms with Crippen LogP contribution in [0.2, 0.25) is 0 Å². The third kappa shape index (κ3) is 3.85. The van der Waals surface area contributed by atoms with Gasteiger partial charge in [0.15, 0.2) is 0 Å². The number of aryl methyl sites for hydroxylation is 1. The van der Waals surface area contributed by atoms with Gasteiger partial charge in [0, 0.05) is 42.8 Å². The molecule has 0 atom stereocenters. The van der Waals surface area contributed by atoms with Gasteiger partial charge < -0.3 is 10.2 Å². The van der Waals surface area contributed by atoms with Crippen molar-refractivity contribution in [1.82, 2.24) is 9.78 Å². The van der Waals surface area contributed by atoms with Gasteiger partial charge in [-0.15, -0.1) is 0 Å². The van der Waals surface area contributed by atoms with Crippen LogP contribution in [0.15, 0.2) is 42.6 Å². The molecule has 1 amide bonds. The van der Waals surface area contributed by atoms with E-state index in [9.17, 15) is 14.9 Å². The number of anilines is 2. The van der Waals surface area contributed by atoms with E-state index in [2.05, 4.69) is 22.2 Å². The summed E-state index contributed by atoms with van der Waals surface area (Å²) < 4.78 is 1.86. The van der Waals surface area contributed by atoms with Crippen molar-refractivity contribution in [2.75, 3.05) is 23.3 Å². The monoisotopic (exact) mass is 407 g/mol. The van der Waals surface area contributed by atoms with Crippen LogP contribution >= 0.6 is 0 Å². The summed E-state index contributed by atoms with van der Waals surface area (Å²) in [5.41, 5.74) is 2.54. The fraction of sp³-hybridized carbons (Fsp3) is 0.364. The van der Waals surface area contributed by atoms with Gasteiger partial charge in [0.2, 0.25) is 0 Å². The Bertz CT molecular complexity index is 1100. The van der Waals surface area contributed by atoms with Crippen LogP contribution in [0.5, 0.6) is 0 Å². The Hall–Kier alpha value is -3.42. The van der Waals surface area contributed by atoms with Gasteiger partial charge in [-0.05, 0) is 49.9 Å². The Morgan fingerprint density at radius 2 is 2.00 bits per heavy atom. The molecule has 3 aromatic rings. The number of hydrogen-bond donors (Lipinski definition) is 1. The minimum absolute atomic E-state index is 0.0891. The van der Waals surface area contributed by atoms with Crippen molar-refractivity contribution in [3.8, 4) is 0 Å². The molecule has 0 unspecified atom stereocenters. The predicted molar refractivity (Wildman–Crippen MR) is 117 cm³/mol. The van der Waals surface area contributed by atoms with Gasteiger partial charge in [-0.3, -0.25) is 19.6 Å². The standard InChI is InChI=1S/C22H25N5O3/c1-3-26-21-12-17(5-4-16(21)14-23-26)24-22(28)19-13-18(27(29)30)6-7-20(19)25-10-8-15(2)9-11-25/h4-7,12-15H,3,8-11H2,1-2H3,(H,24,28). The van der Waals surface area contributed by atoms with Gasteiger partial charge in [-0.2, -0.15) is 5.10 Å². The maximum Gasteiger partial charge on any atom is 0.270 e. The average Bonchev–Trinajstić information content (AvgIpc) is 3.16. The lowest BCUT2D eigenvalue weighted by Crippen LogP contribution is -2.34. The normalized spacial score (nSPS) is 14.8. The molecular weight excluding hydrogens is 382 g/mol. The van der Waals surface area contributed by atoms with E-state index in [1.165, 1.54) is 12.1 Å². The summed E-state index contributed by atoms with van der Waals surface area (Å²) in [7, 11) is 0. The molecule has 0 bridgehead atoms. The number of carbonyl (C=O) groups is 1. The fourth-order valence-electron chi connectivity index (χ4n) is 3.94. The first-order valence-corrected chi connectivity index (χ1v) is 10.3. The number of nitrogens with one attached hydrogen (secondary N) is 1. The number of nitro benzene ring substituents is 1. The van der Waals surface area contributed by atoms with E-state index in [0.717, 1.165) is 49.1 Å². The number of rotatable bonds is 5. The predicted octanol–water partition coefficient (Wildman–Crippen LogP) is 4.45. The Labute approximate surface area is 174 Å². The van der Waals surface area contributed by atoms with Crippen molar-refractivity contribution in [2.45, 2.75) is 33.2 Å². The Kier molecular flexibility index (Phi) is 5.39. The smallest absolute Gasteiger partial charge is 0.270 e. The molecule has 2 aromatic carbocycles. The second-order valence-corrected chi connectivity index (χ2v) is 7.82. The number of hydrogen-bond acceptors (Lipinski definition) is 5. The van der Waals surface area contributed by atoms with Crippen LogP contribution in [0, 0.1) is 16.0 Å². The highest BCUT2D eigenvalue weighted by atomic mass is 16.6. The zero-order valence-corrected chi connectivity index (χ0v) is 17.2.